The highest BCUT2D eigenvalue weighted by Crippen LogP contribution is 2.26. The molecular formula is C19H19NO3. The third-order valence-electron chi connectivity index (χ3n) is 3.88. The third-order valence-corrected chi connectivity index (χ3v) is 3.88. The predicted molar refractivity (Wildman–Crippen MR) is 91.0 cm³/mol. The smallest absolute Gasteiger partial charge is 0.228 e. The van der Waals surface area contributed by atoms with Crippen LogP contribution in [0.2, 0.25) is 0 Å². The highest BCUT2D eigenvalue weighted by Gasteiger charge is 2.12. The number of amides is 1. The summed E-state index contributed by atoms with van der Waals surface area (Å²) in [6, 6.07) is 11.6. The van der Waals surface area contributed by atoms with Crippen molar-refractivity contribution in [1.29, 1.82) is 0 Å². The average molecular weight is 309 g/mol. The number of furan rings is 1. The summed E-state index contributed by atoms with van der Waals surface area (Å²) in [5.74, 6) is 0.676. The molecule has 3 rings (SSSR count). The number of ether oxygens (including phenoxy) is 1. The highest BCUT2D eigenvalue weighted by atomic mass is 16.5. The van der Waals surface area contributed by atoms with Gasteiger partial charge in [-0.15, -0.1) is 0 Å². The maximum atomic E-state index is 12.3. The Kier molecular flexibility index (Phi) is 4.06. The molecule has 3 aromatic rings. The fourth-order valence-corrected chi connectivity index (χ4v) is 2.57. The molecule has 2 aromatic carbocycles. The molecule has 0 aliphatic rings. The van der Waals surface area contributed by atoms with Crippen LogP contribution in [0.4, 0.5) is 5.69 Å². The van der Waals surface area contributed by atoms with Gasteiger partial charge in [-0.3, -0.25) is 4.79 Å². The standard InChI is InChI=1S/C19H19NO3/c1-12-4-5-13(2)17(8-12)20-19(21)9-14-11-23-18-10-15(22-3)6-7-16(14)18/h4-8,10-11H,9H2,1-3H3,(H,20,21). The van der Waals surface area contributed by atoms with Crippen LogP contribution in [-0.2, 0) is 11.2 Å². The summed E-state index contributed by atoms with van der Waals surface area (Å²) >= 11 is 0. The van der Waals surface area contributed by atoms with Crippen LogP contribution in [0.1, 0.15) is 16.7 Å². The number of aryl methyl sites for hydroxylation is 2. The molecule has 0 atom stereocenters. The fourth-order valence-electron chi connectivity index (χ4n) is 2.57. The molecule has 1 heterocycles. The van der Waals surface area contributed by atoms with Crippen molar-refractivity contribution < 1.29 is 13.9 Å². The summed E-state index contributed by atoms with van der Waals surface area (Å²) in [4.78, 5) is 12.3. The molecule has 0 spiro atoms. The van der Waals surface area contributed by atoms with Crippen molar-refractivity contribution in [2.75, 3.05) is 12.4 Å². The van der Waals surface area contributed by atoms with E-state index in [2.05, 4.69) is 5.32 Å². The molecular weight excluding hydrogens is 290 g/mol. The van der Waals surface area contributed by atoms with Gasteiger partial charge in [-0.2, -0.15) is 0 Å². The van der Waals surface area contributed by atoms with Gasteiger partial charge in [0.15, 0.2) is 0 Å². The van der Waals surface area contributed by atoms with Gasteiger partial charge >= 0.3 is 0 Å². The van der Waals surface area contributed by atoms with Crippen molar-refractivity contribution in [1.82, 2.24) is 0 Å². The minimum atomic E-state index is -0.0581. The van der Waals surface area contributed by atoms with Crippen LogP contribution in [0.3, 0.4) is 0 Å². The van der Waals surface area contributed by atoms with Crippen molar-refractivity contribution in [2.45, 2.75) is 20.3 Å². The first-order chi connectivity index (χ1) is 11.1. The van der Waals surface area contributed by atoms with E-state index < -0.39 is 0 Å². The van der Waals surface area contributed by atoms with Crippen molar-refractivity contribution in [3.05, 3.63) is 59.4 Å². The first-order valence-electron chi connectivity index (χ1n) is 7.48. The van der Waals surface area contributed by atoms with E-state index >= 15 is 0 Å². The van der Waals surface area contributed by atoms with E-state index in [0.29, 0.717) is 0 Å². The van der Waals surface area contributed by atoms with Crippen LogP contribution in [0.5, 0.6) is 5.75 Å². The van der Waals surface area contributed by atoms with Crippen LogP contribution >= 0.6 is 0 Å². The number of carbonyl (C=O) groups is 1. The summed E-state index contributed by atoms with van der Waals surface area (Å²) in [6.07, 6.45) is 1.90. The zero-order valence-electron chi connectivity index (χ0n) is 13.5. The second-order valence-corrected chi connectivity index (χ2v) is 5.67. The van der Waals surface area contributed by atoms with Gasteiger partial charge in [0.05, 0.1) is 19.8 Å². The van der Waals surface area contributed by atoms with E-state index in [-0.39, 0.29) is 12.3 Å². The van der Waals surface area contributed by atoms with Crippen LogP contribution < -0.4 is 10.1 Å². The monoisotopic (exact) mass is 309 g/mol. The number of benzene rings is 2. The van der Waals surface area contributed by atoms with Crippen LogP contribution in [-0.4, -0.2) is 13.0 Å². The molecule has 0 aliphatic carbocycles. The van der Waals surface area contributed by atoms with E-state index in [1.54, 1.807) is 13.4 Å². The van der Waals surface area contributed by atoms with Crippen molar-refractivity contribution in [3.8, 4) is 5.75 Å². The predicted octanol–water partition coefficient (Wildman–Crippen LogP) is 4.24. The van der Waals surface area contributed by atoms with Gasteiger partial charge in [-0.1, -0.05) is 12.1 Å². The SMILES string of the molecule is COc1ccc2c(CC(=O)Nc3cc(C)ccc3C)coc2c1. The van der Waals surface area contributed by atoms with Gasteiger partial charge in [0, 0.05) is 22.7 Å². The van der Waals surface area contributed by atoms with Crippen molar-refractivity contribution >= 4 is 22.6 Å². The molecule has 1 N–H and O–H groups in total. The molecule has 0 radical (unpaired) electrons. The second-order valence-electron chi connectivity index (χ2n) is 5.67. The first-order valence-corrected chi connectivity index (χ1v) is 7.48. The topological polar surface area (TPSA) is 51.5 Å². The molecule has 0 saturated carbocycles. The maximum Gasteiger partial charge on any atom is 0.228 e. The molecule has 1 amide bonds. The molecule has 1 aromatic heterocycles. The summed E-state index contributed by atoms with van der Waals surface area (Å²) in [5.41, 5.74) is 4.60. The average Bonchev–Trinajstić information content (AvgIpc) is 2.93. The number of anilines is 1. The number of carbonyl (C=O) groups excluding carboxylic acids is 1. The molecule has 4 heteroatoms. The summed E-state index contributed by atoms with van der Waals surface area (Å²) in [5, 5.41) is 3.90. The van der Waals surface area contributed by atoms with Gasteiger partial charge in [-0.25, -0.2) is 0 Å². The molecule has 0 bridgehead atoms. The Balaban J connectivity index is 1.79. The lowest BCUT2D eigenvalue weighted by Crippen LogP contribution is -2.15. The summed E-state index contributed by atoms with van der Waals surface area (Å²) in [6.45, 7) is 3.99. The first kappa shape index (κ1) is 15.2. The van der Waals surface area contributed by atoms with Gasteiger partial charge in [-0.05, 0) is 43.2 Å². The summed E-state index contributed by atoms with van der Waals surface area (Å²) < 4.78 is 10.7. The lowest BCUT2D eigenvalue weighted by Gasteiger charge is -2.09. The van der Waals surface area contributed by atoms with Gasteiger partial charge in [0.25, 0.3) is 0 Å². The highest BCUT2D eigenvalue weighted by molar-refractivity contribution is 5.96. The summed E-state index contributed by atoms with van der Waals surface area (Å²) in [7, 11) is 1.61. The quantitative estimate of drug-likeness (QED) is 0.784. The molecule has 0 saturated heterocycles. The fraction of sp³-hybridized carbons (Fsp3) is 0.211. The lowest BCUT2D eigenvalue weighted by atomic mass is 10.1. The van der Waals surface area contributed by atoms with Crippen molar-refractivity contribution in [2.24, 2.45) is 0 Å². The van der Waals surface area contributed by atoms with E-state index in [1.807, 2.05) is 50.2 Å². The number of hydrogen-bond donors (Lipinski definition) is 1. The number of rotatable bonds is 4. The second kappa shape index (κ2) is 6.16. The van der Waals surface area contributed by atoms with Gasteiger partial charge in [0.2, 0.25) is 5.91 Å². The number of nitrogens with one attached hydrogen (secondary N) is 1. The largest absolute Gasteiger partial charge is 0.497 e. The zero-order valence-corrected chi connectivity index (χ0v) is 13.5. The molecule has 0 unspecified atom stereocenters. The van der Waals surface area contributed by atoms with E-state index in [1.165, 1.54) is 0 Å². The Morgan fingerprint density at radius 3 is 2.78 bits per heavy atom. The van der Waals surface area contributed by atoms with Crippen LogP contribution in [0.15, 0.2) is 47.1 Å². The maximum absolute atomic E-state index is 12.3. The molecule has 23 heavy (non-hydrogen) atoms. The Hall–Kier alpha value is -2.75. The minimum absolute atomic E-state index is 0.0581. The Labute approximate surface area is 135 Å². The molecule has 118 valence electrons. The number of fused-ring (bicyclic) bond motifs is 1. The Morgan fingerprint density at radius 2 is 2.00 bits per heavy atom. The normalized spacial score (nSPS) is 10.7. The van der Waals surface area contributed by atoms with Crippen LogP contribution in [0.25, 0.3) is 11.0 Å². The number of hydrogen-bond acceptors (Lipinski definition) is 3. The Morgan fingerprint density at radius 1 is 1.17 bits per heavy atom. The minimum Gasteiger partial charge on any atom is -0.497 e. The van der Waals surface area contributed by atoms with Crippen molar-refractivity contribution in [3.63, 3.8) is 0 Å². The molecule has 0 fully saturated rings. The van der Waals surface area contributed by atoms with Gasteiger partial charge < -0.3 is 14.5 Å². The third kappa shape index (κ3) is 3.21. The Bertz CT molecular complexity index is 864. The lowest BCUT2D eigenvalue weighted by molar-refractivity contribution is -0.115. The number of methoxy groups -OCH3 is 1. The van der Waals surface area contributed by atoms with Crippen LogP contribution in [0, 0.1) is 13.8 Å². The zero-order chi connectivity index (χ0) is 16.4. The molecule has 4 nitrogen and oxygen atoms in total. The molecule has 0 aliphatic heterocycles. The van der Waals surface area contributed by atoms with E-state index in [4.69, 9.17) is 9.15 Å². The van der Waals surface area contributed by atoms with E-state index in [9.17, 15) is 4.79 Å². The van der Waals surface area contributed by atoms with E-state index in [0.717, 1.165) is 39.1 Å². The van der Waals surface area contributed by atoms with Gasteiger partial charge in [0.1, 0.15) is 11.3 Å².